The fourth-order valence-corrected chi connectivity index (χ4v) is 2.92. The largest absolute Gasteiger partial charge is 0.457 e. The van der Waals surface area contributed by atoms with Crippen molar-refractivity contribution in [3.8, 4) is 11.5 Å². The van der Waals surface area contributed by atoms with E-state index in [9.17, 15) is 9.59 Å². The van der Waals surface area contributed by atoms with Gasteiger partial charge in [-0.2, -0.15) is 0 Å². The molecule has 2 aromatic carbocycles. The van der Waals surface area contributed by atoms with Crippen molar-refractivity contribution in [3.05, 3.63) is 88.0 Å². The second kappa shape index (κ2) is 6.65. The Kier molecular flexibility index (Phi) is 4.18. The van der Waals surface area contributed by atoms with Gasteiger partial charge in [-0.1, -0.05) is 34.1 Å². The first-order valence-corrected chi connectivity index (χ1v) is 8.49. The highest BCUT2D eigenvalue weighted by Crippen LogP contribution is 2.35. The van der Waals surface area contributed by atoms with Crippen molar-refractivity contribution < 1.29 is 23.5 Å². The third kappa shape index (κ3) is 3.07. The van der Waals surface area contributed by atoms with Crippen LogP contribution in [0.3, 0.4) is 0 Å². The molecule has 1 aliphatic rings. The van der Waals surface area contributed by atoms with Crippen LogP contribution in [0.25, 0.3) is 6.08 Å². The van der Waals surface area contributed by atoms with Gasteiger partial charge in [-0.25, -0.2) is 4.79 Å². The van der Waals surface area contributed by atoms with Gasteiger partial charge in [0.15, 0.2) is 5.76 Å². The van der Waals surface area contributed by atoms with Gasteiger partial charge in [-0.05, 0) is 42.0 Å². The highest BCUT2D eigenvalue weighted by Gasteiger charge is 2.28. The van der Waals surface area contributed by atoms with Gasteiger partial charge in [-0.3, -0.25) is 4.79 Å². The number of ether oxygens (including phenoxy) is 2. The van der Waals surface area contributed by atoms with Crippen LogP contribution in [-0.2, 0) is 0 Å². The summed E-state index contributed by atoms with van der Waals surface area (Å²) in [6, 6.07) is 15.2. The molecule has 6 heteroatoms. The zero-order valence-electron chi connectivity index (χ0n) is 13.3. The Balaban J connectivity index is 1.59. The Hall–Kier alpha value is -3.12. The first kappa shape index (κ1) is 16.4. The Labute approximate surface area is 157 Å². The van der Waals surface area contributed by atoms with Gasteiger partial charge in [0.25, 0.3) is 0 Å². The Morgan fingerprint density at radius 3 is 2.69 bits per heavy atom. The van der Waals surface area contributed by atoms with Crippen LogP contribution in [0.1, 0.15) is 26.5 Å². The average Bonchev–Trinajstić information content (AvgIpc) is 3.26. The van der Waals surface area contributed by atoms with Crippen LogP contribution in [0.4, 0.5) is 0 Å². The Bertz CT molecular complexity index is 1030. The third-order valence-corrected chi connectivity index (χ3v) is 4.49. The minimum absolute atomic E-state index is 0.0944. The van der Waals surface area contributed by atoms with Crippen molar-refractivity contribution in [2.45, 2.75) is 0 Å². The van der Waals surface area contributed by atoms with E-state index in [4.69, 9.17) is 13.9 Å². The van der Waals surface area contributed by atoms with Crippen molar-refractivity contribution in [3.63, 3.8) is 0 Å². The summed E-state index contributed by atoms with van der Waals surface area (Å²) in [7, 11) is 0. The number of furan rings is 1. The van der Waals surface area contributed by atoms with E-state index in [1.54, 1.807) is 24.3 Å². The van der Waals surface area contributed by atoms with Gasteiger partial charge < -0.3 is 13.9 Å². The molecule has 0 saturated carbocycles. The van der Waals surface area contributed by atoms with E-state index in [0.29, 0.717) is 11.3 Å². The molecule has 0 atom stereocenters. The lowest BCUT2D eigenvalue weighted by molar-refractivity contribution is 0.0701. The summed E-state index contributed by atoms with van der Waals surface area (Å²) < 4.78 is 16.8. The van der Waals surface area contributed by atoms with E-state index in [1.807, 2.05) is 24.3 Å². The molecule has 0 radical (unpaired) electrons. The van der Waals surface area contributed by atoms with Crippen molar-refractivity contribution in [1.29, 1.82) is 0 Å². The first-order valence-electron chi connectivity index (χ1n) is 7.70. The van der Waals surface area contributed by atoms with Crippen LogP contribution >= 0.6 is 15.9 Å². The molecule has 3 aromatic rings. The Morgan fingerprint density at radius 2 is 1.92 bits per heavy atom. The van der Waals surface area contributed by atoms with E-state index in [0.717, 1.165) is 10.0 Å². The summed E-state index contributed by atoms with van der Waals surface area (Å²) in [5, 5.41) is 0. The van der Waals surface area contributed by atoms with Gasteiger partial charge >= 0.3 is 5.97 Å². The number of ketones is 1. The SMILES string of the molecule is O=C(Oc1ccc2c(c1)OC(=Cc1ccccc1Br)C2=O)c1ccco1. The minimum atomic E-state index is -0.622. The second-order valence-electron chi connectivity index (χ2n) is 5.49. The normalized spacial score (nSPS) is 14.2. The zero-order valence-corrected chi connectivity index (χ0v) is 14.9. The molecule has 0 N–H and O–H groups in total. The van der Waals surface area contributed by atoms with Gasteiger partial charge in [0.2, 0.25) is 11.5 Å². The smallest absolute Gasteiger partial charge is 0.379 e. The van der Waals surface area contributed by atoms with E-state index >= 15 is 0 Å². The molecule has 0 aliphatic carbocycles. The van der Waals surface area contributed by atoms with Crippen LogP contribution in [-0.4, -0.2) is 11.8 Å². The molecular weight excluding hydrogens is 400 g/mol. The van der Waals surface area contributed by atoms with Gasteiger partial charge in [0, 0.05) is 10.5 Å². The molecule has 1 aliphatic heterocycles. The number of rotatable bonds is 3. The summed E-state index contributed by atoms with van der Waals surface area (Å²) in [6.07, 6.45) is 3.06. The molecular formula is C20H11BrO5. The number of hydrogen-bond acceptors (Lipinski definition) is 5. The number of Topliss-reactive ketones (excluding diaryl/α,β-unsaturated/α-hetero) is 1. The van der Waals surface area contributed by atoms with Crippen molar-refractivity contribution >= 4 is 33.8 Å². The molecule has 0 bridgehead atoms. The van der Waals surface area contributed by atoms with E-state index in [-0.39, 0.29) is 23.1 Å². The fourth-order valence-electron chi connectivity index (χ4n) is 2.52. The number of allylic oxidation sites excluding steroid dienone is 1. The van der Waals surface area contributed by atoms with Crippen LogP contribution < -0.4 is 9.47 Å². The summed E-state index contributed by atoms with van der Waals surface area (Å²) in [6.45, 7) is 0. The monoisotopic (exact) mass is 410 g/mol. The van der Waals surface area contributed by atoms with Crippen molar-refractivity contribution in [2.24, 2.45) is 0 Å². The average molecular weight is 411 g/mol. The molecule has 2 heterocycles. The van der Waals surface area contributed by atoms with Crippen LogP contribution in [0.15, 0.2) is 75.5 Å². The van der Waals surface area contributed by atoms with Crippen molar-refractivity contribution in [1.82, 2.24) is 0 Å². The maximum absolute atomic E-state index is 12.5. The third-order valence-electron chi connectivity index (χ3n) is 3.77. The summed E-state index contributed by atoms with van der Waals surface area (Å²) in [5.41, 5.74) is 1.24. The number of benzene rings is 2. The van der Waals surface area contributed by atoms with Gasteiger partial charge in [0.1, 0.15) is 11.5 Å². The molecule has 0 saturated heterocycles. The molecule has 5 nitrogen and oxygen atoms in total. The number of halogens is 1. The predicted molar refractivity (Wildman–Crippen MR) is 97.2 cm³/mol. The van der Waals surface area contributed by atoms with Crippen LogP contribution in [0.5, 0.6) is 11.5 Å². The van der Waals surface area contributed by atoms with Crippen molar-refractivity contribution in [2.75, 3.05) is 0 Å². The van der Waals surface area contributed by atoms with E-state index in [2.05, 4.69) is 15.9 Å². The number of carbonyl (C=O) groups is 2. The molecule has 0 spiro atoms. The maximum atomic E-state index is 12.5. The second-order valence-corrected chi connectivity index (χ2v) is 6.34. The molecule has 26 heavy (non-hydrogen) atoms. The van der Waals surface area contributed by atoms with E-state index < -0.39 is 5.97 Å². The molecule has 0 fully saturated rings. The summed E-state index contributed by atoms with van der Waals surface area (Å²) >= 11 is 3.44. The molecule has 4 rings (SSSR count). The zero-order chi connectivity index (χ0) is 18.1. The minimum Gasteiger partial charge on any atom is -0.457 e. The lowest BCUT2D eigenvalue weighted by atomic mass is 10.1. The standard InChI is InChI=1S/C20H11BrO5/c21-15-5-2-1-4-12(15)10-18-19(22)14-8-7-13(11-17(14)26-18)25-20(23)16-6-3-9-24-16/h1-11H. The lowest BCUT2D eigenvalue weighted by Gasteiger charge is -2.04. The molecule has 0 amide bonds. The fraction of sp³-hybridized carbons (Fsp3) is 0. The number of fused-ring (bicyclic) bond motifs is 1. The highest BCUT2D eigenvalue weighted by molar-refractivity contribution is 9.10. The Morgan fingerprint density at radius 1 is 1.08 bits per heavy atom. The maximum Gasteiger partial charge on any atom is 0.379 e. The first-order chi connectivity index (χ1) is 12.6. The molecule has 128 valence electrons. The number of hydrogen-bond donors (Lipinski definition) is 0. The predicted octanol–water partition coefficient (Wildman–Crippen LogP) is 4.88. The highest BCUT2D eigenvalue weighted by atomic mass is 79.9. The van der Waals surface area contributed by atoms with Gasteiger partial charge in [-0.15, -0.1) is 0 Å². The topological polar surface area (TPSA) is 65.7 Å². The number of carbonyl (C=O) groups excluding carboxylic acids is 2. The van der Waals surface area contributed by atoms with Crippen LogP contribution in [0, 0.1) is 0 Å². The summed E-state index contributed by atoms with van der Waals surface area (Å²) in [5.74, 6) is 0.0690. The quantitative estimate of drug-likeness (QED) is 0.349. The number of esters is 1. The van der Waals surface area contributed by atoms with Gasteiger partial charge in [0.05, 0.1) is 11.8 Å². The lowest BCUT2D eigenvalue weighted by Crippen LogP contribution is -2.07. The molecule has 0 unspecified atom stereocenters. The molecule has 1 aromatic heterocycles. The summed E-state index contributed by atoms with van der Waals surface area (Å²) in [4.78, 5) is 24.4. The van der Waals surface area contributed by atoms with E-state index in [1.165, 1.54) is 18.4 Å². The van der Waals surface area contributed by atoms with Crippen LogP contribution in [0.2, 0.25) is 0 Å².